The van der Waals surface area contributed by atoms with Crippen LogP contribution in [0, 0.1) is 0 Å². The second-order valence-electron chi connectivity index (χ2n) is 5.13. The van der Waals surface area contributed by atoms with Crippen molar-refractivity contribution in [2.45, 2.75) is 37.6 Å². The monoisotopic (exact) mass is 263 g/mol. The second-order valence-corrected chi connectivity index (χ2v) is 5.13. The number of nitrogens with one attached hydrogen (secondary N) is 3. The van der Waals surface area contributed by atoms with Crippen molar-refractivity contribution in [3.63, 3.8) is 0 Å². The third-order valence-electron chi connectivity index (χ3n) is 3.62. The lowest BCUT2D eigenvalue weighted by atomic mass is 10.1. The Balaban J connectivity index is 1.71. The van der Waals surface area contributed by atoms with Gasteiger partial charge in [0, 0.05) is 12.5 Å². The SMILES string of the molecule is Nc1c(C(=O)NC2CCCNC2=O)n[nH]c1C1CC1. The highest BCUT2D eigenvalue weighted by Crippen LogP contribution is 2.42. The number of nitrogens with two attached hydrogens (primary N) is 1. The fourth-order valence-electron chi connectivity index (χ4n) is 2.36. The number of rotatable bonds is 3. The maximum atomic E-state index is 12.1. The first-order valence-electron chi connectivity index (χ1n) is 6.59. The van der Waals surface area contributed by atoms with E-state index in [0.29, 0.717) is 24.6 Å². The lowest BCUT2D eigenvalue weighted by Gasteiger charge is -2.22. The van der Waals surface area contributed by atoms with E-state index in [1.54, 1.807) is 0 Å². The predicted octanol–water partition coefficient (Wildman–Crippen LogP) is -0.122. The topological polar surface area (TPSA) is 113 Å². The van der Waals surface area contributed by atoms with E-state index in [0.717, 1.165) is 25.0 Å². The summed E-state index contributed by atoms with van der Waals surface area (Å²) in [7, 11) is 0. The Labute approximate surface area is 110 Å². The molecule has 0 radical (unpaired) electrons. The van der Waals surface area contributed by atoms with Gasteiger partial charge in [-0.1, -0.05) is 0 Å². The van der Waals surface area contributed by atoms with Crippen molar-refractivity contribution in [2.75, 3.05) is 12.3 Å². The maximum absolute atomic E-state index is 12.1. The van der Waals surface area contributed by atoms with E-state index in [-0.39, 0.29) is 17.5 Å². The molecule has 1 atom stereocenters. The Kier molecular flexibility index (Phi) is 2.88. The van der Waals surface area contributed by atoms with Crippen LogP contribution in [0.4, 0.5) is 5.69 Å². The molecule has 1 saturated carbocycles. The number of carbonyl (C=O) groups excluding carboxylic acids is 2. The number of hydrogen-bond donors (Lipinski definition) is 4. The van der Waals surface area contributed by atoms with Crippen LogP contribution in [0.15, 0.2) is 0 Å². The minimum Gasteiger partial charge on any atom is -0.395 e. The summed E-state index contributed by atoms with van der Waals surface area (Å²) in [5, 5.41) is 12.2. The van der Waals surface area contributed by atoms with Crippen LogP contribution >= 0.6 is 0 Å². The number of aromatic nitrogens is 2. The van der Waals surface area contributed by atoms with Gasteiger partial charge >= 0.3 is 0 Å². The van der Waals surface area contributed by atoms with E-state index >= 15 is 0 Å². The molecule has 7 nitrogen and oxygen atoms in total. The summed E-state index contributed by atoms with van der Waals surface area (Å²) in [5.74, 6) is -0.120. The summed E-state index contributed by atoms with van der Waals surface area (Å²) in [4.78, 5) is 23.7. The van der Waals surface area contributed by atoms with Gasteiger partial charge in [0.15, 0.2) is 5.69 Å². The fourth-order valence-corrected chi connectivity index (χ4v) is 2.36. The predicted molar refractivity (Wildman–Crippen MR) is 68.5 cm³/mol. The molecule has 5 N–H and O–H groups in total. The lowest BCUT2D eigenvalue weighted by Crippen LogP contribution is -2.50. The van der Waals surface area contributed by atoms with E-state index in [2.05, 4.69) is 20.8 Å². The van der Waals surface area contributed by atoms with Crippen LogP contribution in [0.2, 0.25) is 0 Å². The van der Waals surface area contributed by atoms with Gasteiger partial charge in [-0.3, -0.25) is 14.7 Å². The molecule has 1 unspecified atom stereocenters. The summed E-state index contributed by atoms with van der Waals surface area (Å²) >= 11 is 0. The summed E-state index contributed by atoms with van der Waals surface area (Å²) < 4.78 is 0. The average Bonchev–Trinajstić information content (AvgIpc) is 3.15. The van der Waals surface area contributed by atoms with Crippen molar-refractivity contribution in [1.29, 1.82) is 0 Å². The number of carbonyl (C=O) groups is 2. The summed E-state index contributed by atoms with van der Waals surface area (Å²) in [6.45, 7) is 0.668. The molecule has 19 heavy (non-hydrogen) atoms. The Morgan fingerprint density at radius 1 is 1.37 bits per heavy atom. The Morgan fingerprint density at radius 3 is 2.84 bits per heavy atom. The first-order chi connectivity index (χ1) is 9.16. The molecule has 102 valence electrons. The molecule has 1 saturated heterocycles. The Hall–Kier alpha value is -2.05. The first-order valence-corrected chi connectivity index (χ1v) is 6.59. The van der Waals surface area contributed by atoms with Crippen LogP contribution in [-0.2, 0) is 4.79 Å². The molecule has 0 bridgehead atoms. The zero-order valence-electron chi connectivity index (χ0n) is 10.5. The molecule has 2 heterocycles. The summed E-state index contributed by atoms with van der Waals surface area (Å²) in [6, 6.07) is -0.485. The van der Waals surface area contributed by atoms with Crippen LogP contribution in [0.3, 0.4) is 0 Å². The maximum Gasteiger partial charge on any atom is 0.274 e. The molecule has 7 heteroatoms. The van der Waals surface area contributed by atoms with Gasteiger partial charge in [0.1, 0.15) is 6.04 Å². The van der Waals surface area contributed by atoms with Gasteiger partial charge in [-0.25, -0.2) is 0 Å². The standard InChI is InChI=1S/C12H17N5O2/c13-8-9(6-3-4-6)16-17-10(8)12(19)15-7-2-1-5-14-11(7)18/h6-7H,1-5,13H2,(H,14,18)(H,15,19)(H,16,17). The van der Waals surface area contributed by atoms with E-state index in [1.165, 1.54) is 0 Å². The van der Waals surface area contributed by atoms with Crippen molar-refractivity contribution in [2.24, 2.45) is 0 Å². The largest absolute Gasteiger partial charge is 0.395 e. The van der Waals surface area contributed by atoms with Gasteiger partial charge in [-0.15, -0.1) is 0 Å². The molecular weight excluding hydrogens is 246 g/mol. The molecule has 1 aliphatic carbocycles. The highest BCUT2D eigenvalue weighted by Gasteiger charge is 2.31. The molecule has 0 aromatic carbocycles. The molecule has 2 fully saturated rings. The van der Waals surface area contributed by atoms with E-state index in [4.69, 9.17) is 5.73 Å². The molecule has 1 aliphatic heterocycles. The lowest BCUT2D eigenvalue weighted by molar-refractivity contribution is -0.124. The number of piperidine rings is 1. The van der Waals surface area contributed by atoms with Crippen molar-refractivity contribution < 1.29 is 9.59 Å². The van der Waals surface area contributed by atoms with Crippen LogP contribution in [0.1, 0.15) is 47.8 Å². The van der Waals surface area contributed by atoms with Crippen LogP contribution in [-0.4, -0.2) is 34.6 Å². The van der Waals surface area contributed by atoms with Crippen LogP contribution in [0.25, 0.3) is 0 Å². The number of hydrogen-bond acceptors (Lipinski definition) is 4. The number of amides is 2. The third-order valence-corrected chi connectivity index (χ3v) is 3.62. The van der Waals surface area contributed by atoms with Gasteiger partial charge in [-0.05, 0) is 25.7 Å². The second kappa shape index (κ2) is 4.56. The Bertz CT molecular complexity index is 520. The van der Waals surface area contributed by atoms with E-state index in [1.807, 2.05) is 0 Å². The van der Waals surface area contributed by atoms with Crippen LogP contribution in [0.5, 0.6) is 0 Å². The first kappa shape index (κ1) is 12.0. The minimum absolute atomic E-state index is 0.142. The normalized spacial score (nSPS) is 22.9. The fraction of sp³-hybridized carbons (Fsp3) is 0.583. The van der Waals surface area contributed by atoms with E-state index in [9.17, 15) is 9.59 Å². The van der Waals surface area contributed by atoms with Gasteiger partial charge in [0.05, 0.1) is 11.4 Å². The number of nitrogens with zero attached hydrogens (tertiary/aromatic N) is 1. The van der Waals surface area contributed by atoms with E-state index < -0.39 is 6.04 Å². The molecule has 1 aromatic rings. The van der Waals surface area contributed by atoms with Gasteiger partial charge in [-0.2, -0.15) is 5.10 Å². The number of aromatic amines is 1. The molecule has 3 rings (SSSR count). The molecule has 1 aromatic heterocycles. The Morgan fingerprint density at radius 2 is 2.16 bits per heavy atom. The quantitative estimate of drug-likeness (QED) is 0.608. The van der Waals surface area contributed by atoms with Gasteiger partial charge in [0.25, 0.3) is 5.91 Å². The molecule has 0 spiro atoms. The van der Waals surface area contributed by atoms with Crippen LogP contribution < -0.4 is 16.4 Å². The van der Waals surface area contributed by atoms with Crippen molar-refractivity contribution in [1.82, 2.24) is 20.8 Å². The van der Waals surface area contributed by atoms with Crippen molar-refractivity contribution >= 4 is 17.5 Å². The number of H-pyrrole nitrogens is 1. The molecular formula is C12H17N5O2. The summed E-state index contributed by atoms with van der Waals surface area (Å²) in [5.41, 5.74) is 7.38. The average molecular weight is 263 g/mol. The molecule has 2 amide bonds. The van der Waals surface area contributed by atoms with Crippen molar-refractivity contribution in [3.8, 4) is 0 Å². The number of anilines is 1. The highest BCUT2D eigenvalue weighted by atomic mass is 16.2. The summed E-state index contributed by atoms with van der Waals surface area (Å²) in [6.07, 6.45) is 3.68. The van der Waals surface area contributed by atoms with Gasteiger partial charge in [0.2, 0.25) is 5.91 Å². The van der Waals surface area contributed by atoms with Gasteiger partial charge < -0.3 is 16.4 Å². The molecule has 2 aliphatic rings. The highest BCUT2D eigenvalue weighted by molar-refractivity contribution is 6.00. The number of nitrogen functional groups attached to an aromatic ring is 1. The van der Waals surface area contributed by atoms with Crippen molar-refractivity contribution in [3.05, 3.63) is 11.4 Å². The third kappa shape index (κ3) is 2.27. The zero-order chi connectivity index (χ0) is 13.4. The zero-order valence-corrected chi connectivity index (χ0v) is 10.5. The minimum atomic E-state index is -0.485. The smallest absolute Gasteiger partial charge is 0.274 e.